The van der Waals surface area contributed by atoms with Crippen LogP contribution in [-0.2, 0) is 9.53 Å². The van der Waals surface area contributed by atoms with Crippen molar-refractivity contribution in [1.29, 1.82) is 0 Å². The lowest BCUT2D eigenvalue weighted by Gasteiger charge is -2.28. The van der Waals surface area contributed by atoms with E-state index in [1.165, 1.54) is 4.90 Å². The molecule has 2 heterocycles. The second-order valence-electron chi connectivity index (χ2n) is 7.50. The zero-order chi connectivity index (χ0) is 19.1. The molecule has 0 spiro atoms. The maximum Gasteiger partial charge on any atom is 0.279 e. The van der Waals surface area contributed by atoms with Gasteiger partial charge in [0.25, 0.3) is 11.8 Å². The minimum absolute atomic E-state index is 0.0283. The molecule has 148 valence electrons. The largest absolute Gasteiger partial charge is 0.376 e. The van der Waals surface area contributed by atoms with Gasteiger partial charge in [-0.3, -0.25) is 9.59 Å². The van der Waals surface area contributed by atoms with E-state index in [0.717, 1.165) is 57.9 Å². The van der Waals surface area contributed by atoms with Crippen LogP contribution < -0.4 is 20.4 Å². The van der Waals surface area contributed by atoms with Crippen LogP contribution in [0.2, 0.25) is 0 Å². The number of piperazine rings is 1. The lowest BCUT2D eigenvalue weighted by Crippen LogP contribution is -3.28. The Balaban J connectivity index is 1.41. The highest BCUT2D eigenvalue weighted by Gasteiger charge is 2.23. The summed E-state index contributed by atoms with van der Waals surface area (Å²) in [6.45, 7) is 9.55. The summed E-state index contributed by atoms with van der Waals surface area (Å²) in [5.74, 6) is -0.0790. The summed E-state index contributed by atoms with van der Waals surface area (Å²) in [6, 6.07) is 7.06. The van der Waals surface area contributed by atoms with Gasteiger partial charge in [0.1, 0.15) is 26.2 Å². The van der Waals surface area contributed by atoms with E-state index in [0.29, 0.717) is 18.7 Å². The number of hydrogen-bond donors (Lipinski definition) is 4. The SMILES string of the molecule is CC[NH+]1CC[NH+](CC(=O)Nc2ccc(C(=O)NC[C@@H]3CCCO3)cc2)CC1. The molecule has 3 rings (SSSR count). The molecule has 2 aliphatic rings. The predicted molar refractivity (Wildman–Crippen MR) is 103 cm³/mol. The highest BCUT2D eigenvalue weighted by Crippen LogP contribution is 2.12. The Morgan fingerprint density at radius 1 is 1.11 bits per heavy atom. The Kier molecular flexibility index (Phi) is 7.20. The summed E-state index contributed by atoms with van der Waals surface area (Å²) in [5, 5.41) is 5.85. The maximum atomic E-state index is 12.3. The molecule has 4 N–H and O–H groups in total. The van der Waals surface area contributed by atoms with E-state index < -0.39 is 0 Å². The molecule has 0 bridgehead atoms. The molecule has 2 saturated heterocycles. The lowest BCUT2D eigenvalue weighted by atomic mass is 10.2. The summed E-state index contributed by atoms with van der Waals surface area (Å²) in [7, 11) is 0. The molecule has 7 heteroatoms. The molecule has 1 atom stereocenters. The Bertz CT molecular complexity index is 621. The number of carbonyl (C=O) groups is 2. The van der Waals surface area contributed by atoms with Crippen LogP contribution in [0.25, 0.3) is 0 Å². The second-order valence-corrected chi connectivity index (χ2v) is 7.50. The molecule has 2 aliphatic heterocycles. The molecule has 0 unspecified atom stereocenters. The zero-order valence-electron chi connectivity index (χ0n) is 16.2. The molecule has 2 fully saturated rings. The van der Waals surface area contributed by atoms with Crippen molar-refractivity contribution in [3.63, 3.8) is 0 Å². The first-order valence-corrected chi connectivity index (χ1v) is 10.1. The number of quaternary nitrogens is 2. The average molecular weight is 377 g/mol. The van der Waals surface area contributed by atoms with Crippen molar-refractivity contribution in [2.75, 3.05) is 57.7 Å². The van der Waals surface area contributed by atoms with E-state index in [4.69, 9.17) is 4.74 Å². The molecular formula is C20H32N4O3+2. The van der Waals surface area contributed by atoms with E-state index in [2.05, 4.69) is 17.6 Å². The first kappa shape index (κ1) is 19.8. The number of carbonyl (C=O) groups excluding carboxylic acids is 2. The van der Waals surface area contributed by atoms with E-state index in [-0.39, 0.29) is 17.9 Å². The van der Waals surface area contributed by atoms with Gasteiger partial charge in [0.15, 0.2) is 6.54 Å². The molecule has 27 heavy (non-hydrogen) atoms. The molecule has 0 radical (unpaired) electrons. The Morgan fingerprint density at radius 3 is 2.44 bits per heavy atom. The van der Waals surface area contributed by atoms with E-state index in [9.17, 15) is 9.59 Å². The number of nitrogens with one attached hydrogen (secondary N) is 4. The van der Waals surface area contributed by atoms with Crippen LogP contribution >= 0.6 is 0 Å². The first-order valence-electron chi connectivity index (χ1n) is 10.1. The summed E-state index contributed by atoms with van der Waals surface area (Å²) in [5.41, 5.74) is 1.32. The van der Waals surface area contributed by atoms with E-state index in [1.54, 1.807) is 29.2 Å². The number of benzene rings is 1. The Hall–Kier alpha value is -1.96. The predicted octanol–water partition coefficient (Wildman–Crippen LogP) is -1.66. The monoisotopic (exact) mass is 376 g/mol. The van der Waals surface area contributed by atoms with Crippen molar-refractivity contribution in [1.82, 2.24) is 5.32 Å². The molecule has 1 aromatic carbocycles. The smallest absolute Gasteiger partial charge is 0.279 e. The van der Waals surface area contributed by atoms with Crippen LogP contribution in [0, 0.1) is 0 Å². The normalized spacial score (nSPS) is 25.1. The van der Waals surface area contributed by atoms with Crippen molar-refractivity contribution >= 4 is 17.5 Å². The fraction of sp³-hybridized carbons (Fsp3) is 0.600. The first-order chi connectivity index (χ1) is 13.1. The summed E-state index contributed by atoms with van der Waals surface area (Å²) >= 11 is 0. The number of likely N-dealkylation sites (N-methyl/N-ethyl adjacent to an activating group) is 1. The van der Waals surface area contributed by atoms with Crippen molar-refractivity contribution in [2.24, 2.45) is 0 Å². The number of hydrogen-bond acceptors (Lipinski definition) is 3. The molecule has 0 aliphatic carbocycles. The van der Waals surface area contributed by atoms with Crippen molar-refractivity contribution in [3.05, 3.63) is 29.8 Å². The van der Waals surface area contributed by atoms with Gasteiger partial charge in [-0.15, -0.1) is 0 Å². The fourth-order valence-corrected chi connectivity index (χ4v) is 3.74. The topological polar surface area (TPSA) is 76.3 Å². The minimum atomic E-state index is -0.107. The Morgan fingerprint density at radius 2 is 1.81 bits per heavy atom. The van der Waals surface area contributed by atoms with Crippen molar-refractivity contribution in [2.45, 2.75) is 25.9 Å². The van der Waals surface area contributed by atoms with Gasteiger partial charge in [0.2, 0.25) is 0 Å². The Labute approximate surface area is 161 Å². The standard InChI is InChI=1S/C20H30N4O3/c1-2-23-9-11-24(12-10-23)15-19(25)22-17-7-5-16(6-8-17)20(26)21-14-18-4-3-13-27-18/h5-8,18H,2-4,9-15H2,1H3,(H,21,26)(H,22,25)/p+2/t18-/m0/s1. The molecule has 0 aromatic heterocycles. The van der Waals surface area contributed by atoms with Crippen molar-refractivity contribution < 1.29 is 24.1 Å². The number of amides is 2. The van der Waals surface area contributed by atoms with Gasteiger partial charge >= 0.3 is 0 Å². The third-order valence-corrected chi connectivity index (χ3v) is 5.52. The highest BCUT2D eigenvalue weighted by atomic mass is 16.5. The molecule has 0 saturated carbocycles. The van der Waals surface area contributed by atoms with Gasteiger partial charge in [-0.25, -0.2) is 0 Å². The van der Waals surface area contributed by atoms with Crippen LogP contribution in [0.3, 0.4) is 0 Å². The number of anilines is 1. The molecule has 7 nitrogen and oxygen atoms in total. The van der Waals surface area contributed by atoms with Crippen LogP contribution in [0.15, 0.2) is 24.3 Å². The molecule has 2 amide bonds. The average Bonchev–Trinajstić information content (AvgIpc) is 3.21. The van der Waals surface area contributed by atoms with E-state index >= 15 is 0 Å². The third kappa shape index (κ3) is 6.02. The quantitative estimate of drug-likeness (QED) is 0.460. The fourth-order valence-electron chi connectivity index (χ4n) is 3.74. The van der Waals surface area contributed by atoms with Gasteiger partial charge in [0.05, 0.1) is 12.6 Å². The van der Waals surface area contributed by atoms with Crippen molar-refractivity contribution in [3.8, 4) is 0 Å². The van der Waals surface area contributed by atoms with Crippen LogP contribution in [0.1, 0.15) is 30.1 Å². The maximum absolute atomic E-state index is 12.3. The van der Waals surface area contributed by atoms with Gasteiger partial charge in [0, 0.05) is 24.4 Å². The third-order valence-electron chi connectivity index (χ3n) is 5.52. The van der Waals surface area contributed by atoms with Gasteiger partial charge in [-0.05, 0) is 44.0 Å². The van der Waals surface area contributed by atoms with Gasteiger partial charge in [-0.1, -0.05) is 0 Å². The zero-order valence-corrected chi connectivity index (χ0v) is 16.2. The minimum Gasteiger partial charge on any atom is -0.376 e. The molecule has 1 aromatic rings. The number of ether oxygens (including phenoxy) is 1. The van der Waals surface area contributed by atoms with Crippen LogP contribution in [0.5, 0.6) is 0 Å². The van der Waals surface area contributed by atoms with Crippen LogP contribution in [-0.4, -0.2) is 70.3 Å². The summed E-state index contributed by atoms with van der Waals surface area (Å²) in [6.07, 6.45) is 2.20. The second kappa shape index (κ2) is 9.82. The summed E-state index contributed by atoms with van der Waals surface area (Å²) in [4.78, 5) is 27.4. The lowest BCUT2D eigenvalue weighted by molar-refractivity contribution is -1.01. The number of rotatable bonds is 7. The van der Waals surface area contributed by atoms with Crippen LogP contribution in [0.4, 0.5) is 5.69 Å². The van der Waals surface area contributed by atoms with Gasteiger partial charge < -0.3 is 25.2 Å². The molecular weight excluding hydrogens is 344 g/mol. The summed E-state index contributed by atoms with van der Waals surface area (Å²) < 4.78 is 5.51. The van der Waals surface area contributed by atoms with E-state index in [1.807, 2.05) is 0 Å². The van der Waals surface area contributed by atoms with Gasteiger partial charge in [-0.2, -0.15) is 0 Å². The highest BCUT2D eigenvalue weighted by molar-refractivity contribution is 5.96.